The van der Waals surface area contributed by atoms with E-state index >= 15 is 0 Å². The molecule has 108 valence electrons. The van der Waals surface area contributed by atoms with Gasteiger partial charge < -0.3 is 10.6 Å². The van der Waals surface area contributed by atoms with Gasteiger partial charge in [-0.1, -0.05) is 47.5 Å². The van der Waals surface area contributed by atoms with Gasteiger partial charge in [-0.3, -0.25) is 0 Å². The number of carbonyl (C=O) groups is 1. The fraction of sp³-hybridized carbons (Fsp3) is 0.167. The van der Waals surface area contributed by atoms with Gasteiger partial charge in [-0.05, 0) is 44.0 Å². The molecule has 0 saturated carbocycles. The standard InChI is InChI=1S/C18H20N2O/c1-13-4-7-16(8-5-13)10-11-19-18(21)20-17-9-6-14(2)12-15(17)3/h4-12H,1-3H3,(H2,19,20,21)/b11-10+. The highest BCUT2D eigenvalue weighted by Gasteiger charge is 2.02. The topological polar surface area (TPSA) is 41.1 Å². The molecule has 0 atom stereocenters. The monoisotopic (exact) mass is 280 g/mol. The molecule has 0 aliphatic heterocycles. The Hall–Kier alpha value is -2.55. The first-order valence-corrected chi connectivity index (χ1v) is 6.92. The maximum absolute atomic E-state index is 11.8. The van der Waals surface area contributed by atoms with Crippen molar-refractivity contribution < 1.29 is 4.79 Å². The van der Waals surface area contributed by atoms with Gasteiger partial charge in [-0.2, -0.15) is 0 Å². The second-order valence-corrected chi connectivity index (χ2v) is 5.16. The van der Waals surface area contributed by atoms with Gasteiger partial charge in [-0.15, -0.1) is 0 Å². The van der Waals surface area contributed by atoms with Crippen LogP contribution in [0.4, 0.5) is 10.5 Å². The molecule has 0 spiro atoms. The molecular weight excluding hydrogens is 260 g/mol. The summed E-state index contributed by atoms with van der Waals surface area (Å²) in [5, 5.41) is 5.54. The normalized spacial score (nSPS) is 10.6. The molecule has 3 nitrogen and oxygen atoms in total. The number of nitrogens with one attached hydrogen (secondary N) is 2. The van der Waals surface area contributed by atoms with Crippen molar-refractivity contribution in [3.63, 3.8) is 0 Å². The van der Waals surface area contributed by atoms with E-state index in [0.717, 1.165) is 16.8 Å². The van der Waals surface area contributed by atoms with Crippen LogP contribution in [0, 0.1) is 20.8 Å². The van der Waals surface area contributed by atoms with Crippen LogP contribution in [-0.4, -0.2) is 6.03 Å². The van der Waals surface area contributed by atoms with Crippen molar-refractivity contribution in [2.24, 2.45) is 0 Å². The molecule has 21 heavy (non-hydrogen) atoms. The molecule has 0 bridgehead atoms. The van der Waals surface area contributed by atoms with Gasteiger partial charge in [0, 0.05) is 11.9 Å². The summed E-state index contributed by atoms with van der Waals surface area (Å²) in [5.74, 6) is 0. The fourth-order valence-corrected chi connectivity index (χ4v) is 2.00. The van der Waals surface area contributed by atoms with Gasteiger partial charge in [0.2, 0.25) is 0 Å². The van der Waals surface area contributed by atoms with Crippen LogP contribution in [0.2, 0.25) is 0 Å². The molecule has 2 amide bonds. The lowest BCUT2D eigenvalue weighted by Crippen LogP contribution is -2.24. The zero-order valence-electron chi connectivity index (χ0n) is 12.6. The van der Waals surface area contributed by atoms with Crippen LogP contribution in [0.5, 0.6) is 0 Å². The quantitative estimate of drug-likeness (QED) is 0.859. The van der Waals surface area contributed by atoms with Gasteiger partial charge in [0.25, 0.3) is 0 Å². The highest BCUT2D eigenvalue weighted by Crippen LogP contribution is 2.15. The number of amides is 2. The van der Waals surface area contributed by atoms with Crippen molar-refractivity contribution in [1.82, 2.24) is 5.32 Å². The van der Waals surface area contributed by atoms with Crippen molar-refractivity contribution in [2.75, 3.05) is 5.32 Å². The van der Waals surface area contributed by atoms with E-state index in [0.29, 0.717) is 0 Å². The van der Waals surface area contributed by atoms with Gasteiger partial charge in [0.15, 0.2) is 0 Å². The molecule has 2 N–H and O–H groups in total. The Bertz CT molecular complexity index is 657. The predicted octanol–water partition coefficient (Wildman–Crippen LogP) is 4.40. The third kappa shape index (κ3) is 4.49. The molecule has 2 aromatic carbocycles. The van der Waals surface area contributed by atoms with Crippen molar-refractivity contribution in [1.29, 1.82) is 0 Å². The third-order valence-corrected chi connectivity index (χ3v) is 3.20. The van der Waals surface area contributed by atoms with E-state index in [9.17, 15) is 4.79 Å². The zero-order valence-corrected chi connectivity index (χ0v) is 12.6. The average Bonchev–Trinajstić information content (AvgIpc) is 2.44. The second kappa shape index (κ2) is 6.75. The molecular formula is C18H20N2O. The van der Waals surface area contributed by atoms with E-state index in [2.05, 4.69) is 10.6 Å². The summed E-state index contributed by atoms with van der Waals surface area (Å²) in [4.78, 5) is 11.8. The number of carbonyl (C=O) groups excluding carboxylic acids is 1. The van der Waals surface area contributed by atoms with Crippen LogP contribution in [-0.2, 0) is 0 Å². The van der Waals surface area contributed by atoms with Crippen molar-refractivity contribution in [2.45, 2.75) is 20.8 Å². The smallest absolute Gasteiger partial charge is 0.314 e. The molecule has 0 unspecified atom stereocenters. The molecule has 2 aromatic rings. The first-order chi connectivity index (χ1) is 10.0. The summed E-state index contributed by atoms with van der Waals surface area (Å²) >= 11 is 0. The molecule has 0 radical (unpaired) electrons. The number of benzene rings is 2. The molecule has 0 aliphatic rings. The number of hydrogen-bond donors (Lipinski definition) is 2. The summed E-state index contributed by atoms with van der Waals surface area (Å²) in [7, 11) is 0. The van der Waals surface area contributed by atoms with Crippen molar-refractivity contribution in [3.05, 3.63) is 70.9 Å². The molecule has 0 fully saturated rings. The lowest BCUT2D eigenvalue weighted by Gasteiger charge is -2.08. The minimum atomic E-state index is -0.245. The van der Waals surface area contributed by atoms with E-state index in [1.165, 1.54) is 11.1 Å². The number of urea groups is 1. The summed E-state index contributed by atoms with van der Waals surface area (Å²) in [6.45, 7) is 6.05. The summed E-state index contributed by atoms with van der Waals surface area (Å²) in [6, 6.07) is 13.8. The Morgan fingerprint density at radius 1 is 0.952 bits per heavy atom. The van der Waals surface area contributed by atoms with E-state index in [4.69, 9.17) is 0 Å². The molecule has 3 heteroatoms. The molecule has 0 saturated heterocycles. The first kappa shape index (κ1) is 14.9. The summed E-state index contributed by atoms with van der Waals surface area (Å²) in [6.07, 6.45) is 3.50. The van der Waals surface area contributed by atoms with Gasteiger partial charge >= 0.3 is 6.03 Å². The Kier molecular flexibility index (Phi) is 4.77. The van der Waals surface area contributed by atoms with Crippen LogP contribution >= 0.6 is 0 Å². The van der Waals surface area contributed by atoms with E-state index in [1.54, 1.807) is 6.20 Å². The maximum atomic E-state index is 11.8. The Balaban J connectivity index is 1.91. The minimum absolute atomic E-state index is 0.245. The SMILES string of the molecule is Cc1ccc(/C=C/NC(=O)Nc2ccc(C)cc2C)cc1. The number of aryl methyl sites for hydroxylation is 3. The van der Waals surface area contributed by atoms with Crippen LogP contribution in [0.15, 0.2) is 48.7 Å². The first-order valence-electron chi connectivity index (χ1n) is 6.92. The fourth-order valence-electron chi connectivity index (χ4n) is 2.00. The third-order valence-electron chi connectivity index (χ3n) is 3.20. The Morgan fingerprint density at radius 3 is 2.29 bits per heavy atom. The van der Waals surface area contributed by atoms with E-state index in [-0.39, 0.29) is 6.03 Å². The Morgan fingerprint density at radius 2 is 1.62 bits per heavy atom. The minimum Gasteiger partial charge on any atom is -0.314 e. The average molecular weight is 280 g/mol. The summed E-state index contributed by atoms with van der Waals surface area (Å²) in [5.41, 5.74) is 5.31. The van der Waals surface area contributed by atoms with Crippen LogP contribution in [0.1, 0.15) is 22.3 Å². The molecule has 0 aliphatic carbocycles. The lowest BCUT2D eigenvalue weighted by atomic mass is 10.1. The molecule has 0 heterocycles. The highest BCUT2D eigenvalue weighted by molar-refractivity contribution is 5.91. The maximum Gasteiger partial charge on any atom is 0.323 e. The Labute approximate surface area is 125 Å². The number of hydrogen-bond acceptors (Lipinski definition) is 1. The van der Waals surface area contributed by atoms with Crippen LogP contribution in [0.25, 0.3) is 6.08 Å². The van der Waals surface area contributed by atoms with E-state index in [1.807, 2.05) is 69.3 Å². The van der Waals surface area contributed by atoms with Crippen LogP contribution in [0.3, 0.4) is 0 Å². The van der Waals surface area contributed by atoms with Crippen molar-refractivity contribution in [3.8, 4) is 0 Å². The number of anilines is 1. The highest BCUT2D eigenvalue weighted by atomic mass is 16.2. The second-order valence-electron chi connectivity index (χ2n) is 5.16. The largest absolute Gasteiger partial charge is 0.323 e. The number of rotatable bonds is 3. The van der Waals surface area contributed by atoms with Gasteiger partial charge in [-0.25, -0.2) is 4.79 Å². The van der Waals surface area contributed by atoms with Gasteiger partial charge in [0.05, 0.1) is 0 Å². The molecule has 0 aromatic heterocycles. The molecule has 2 rings (SSSR count). The van der Waals surface area contributed by atoms with Crippen molar-refractivity contribution >= 4 is 17.8 Å². The van der Waals surface area contributed by atoms with Crippen LogP contribution < -0.4 is 10.6 Å². The zero-order chi connectivity index (χ0) is 15.2. The lowest BCUT2D eigenvalue weighted by molar-refractivity contribution is 0.255. The van der Waals surface area contributed by atoms with Gasteiger partial charge in [0.1, 0.15) is 0 Å². The van der Waals surface area contributed by atoms with E-state index < -0.39 is 0 Å². The predicted molar refractivity (Wildman–Crippen MR) is 88.3 cm³/mol. The summed E-state index contributed by atoms with van der Waals surface area (Å²) < 4.78 is 0.